The van der Waals surface area contributed by atoms with Crippen molar-refractivity contribution in [1.29, 1.82) is 0 Å². The molecule has 3 aromatic rings. The lowest BCUT2D eigenvalue weighted by Gasteiger charge is -2.15. The SMILES string of the molecule is O=C(O)Oc1cn(C2CC2)c2c(F)c(-n3ccnc3)c(F)cc2c1=O. The summed E-state index contributed by atoms with van der Waals surface area (Å²) >= 11 is 0. The van der Waals surface area contributed by atoms with Gasteiger partial charge in [0.1, 0.15) is 5.69 Å². The molecule has 1 saturated carbocycles. The number of ether oxygens (including phenoxy) is 1. The average molecular weight is 347 g/mol. The third kappa shape index (κ3) is 2.44. The van der Waals surface area contributed by atoms with Gasteiger partial charge in [-0.2, -0.15) is 0 Å². The molecular formula is C16H11F2N3O4. The Morgan fingerprint density at radius 3 is 2.72 bits per heavy atom. The van der Waals surface area contributed by atoms with Crippen molar-refractivity contribution in [2.75, 3.05) is 0 Å². The number of benzene rings is 1. The standard InChI is InChI=1S/C16H11F2N3O4/c17-10-5-9-13(12(18)14(10)20-4-3-19-7-20)21(8-1-2-8)6-11(15(9)22)25-16(23)24/h3-8H,1-2H2,(H,23,24). The summed E-state index contributed by atoms with van der Waals surface area (Å²) < 4.78 is 36.7. The van der Waals surface area contributed by atoms with Crippen molar-refractivity contribution in [3.05, 3.63) is 52.8 Å². The number of carbonyl (C=O) groups is 1. The van der Waals surface area contributed by atoms with E-state index in [0.717, 1.165) is 25.1 Å². The smallest absolute Gasteiger partial charge is 0.449 e. The molecule has 9 heteroatoms. The van der Waals surface area contributed by atoms with Crippen LogP contribution in [-0.4, -0.2) is 25.4 Å². The molecule has 0 radical (unpaired) electrons. The summed E-state index contributed by atoms with van der Waals surface area (Å²) in [6, 6.07) is 0.791. The van der Waals surface area contributed by atoms with E-state index in [1.165, 1.54) is 27.9 Å². The maximum Gasteiger partial charge on any atom is 0.511 e. The van der Waals surface area contributed by atoms with E-state index in [0.29, 0.717) is 0 Å². The number of imidazole rings is 1. The van der Waals surface area contributed by atoms with Crippen LogP contribution in [0.25, 0.3) is 16.6 Å². The molecule has 1 fully saturated rings. The highest BCUT2D eigenvalue weighted by atomic mass is 19.1. The van der Waals surface area contributed by atoms with Crippen molar-refractivity contribution in [3.8, 4) is 11.4 Å². The quantitative estimate of drug-likeness (QED) is 0.736. The monoisotopic (exact) mass is 347 g/mol. The van der Waals surface area contributed by atoms with Crippen molar-refractivity contribution in [2.24, 2.45) is 0 Å². The Morgan fingerprint density at radius 1 is 1.36 bits per heavy atom. The lowest BCUT2D eigenvalue weighted by molar-refractivity contribution is 0.143. The Hall–Kier alpha value is -3.23. The lowest BCUT2D eigenvalue weighted by atomic mass is 10.1. The highest BCUT2D eigenvalue weighted by Gasteiger charge is 2.29. The van der Waals surface area contributed by atoms with Gasteiger partial charge in [-0.3, -0.25) is 4.79 Å². The molecule has 25 heavy (non-hydrogen) atoms. The average Bonchev–Trinajstić information content (AvgIpc) is 3.26. The molecular weight excluding hydrogens is 336 g/mol. The van der Waals surface area contributed by atoms with Gasteiger partial charge in [0.2, 0.25) is 5.43 Å². The number of carboxylic acid groups (broad SMARTS) is 1. The molecule has 1 aromatic carbocycles. The maximum absolute atomic E-state index is 15.1. The minimum absolute atomic E-state index is 0.0876. The van der Waals surface area contributed by atoms with Crippen molar-refractivity contribution in [1.82, 2.24) is 14.1 Å². The second-order valence-electron chi connectivity index (χ2n) is 5.72. The number of halogens is 2. The predicted octanol–water partition coefficient (Wildman–Crippen LogP) is 2.86. The molecule has 1 aliphatic rings. The van der Waals surface area contributed by atoms with Crippen LogP contribution in [0.3, 0.4) is 0 Å². The number of hydrogen-bond donors (Lipinski definition) is 1. The Morgan fingerprint density at radius 2 is 2.12 bits per heavy atom. The number of rotatable bonds is 3. The molecule has 0 bridgehead atoms. The van der Waals surface area contributed by atoms with Gasteiger partial charge in [-0.15, -0.1) is 0 Å². The van der Waals surface area contributed by atoms with Crippen LogP contribution in [0.2, 0.25) is 0 Å². The second-order valence-corrected chi connectivity index (χ2v) is 5.72. The number of pyridine rings is 1. The van der Waals surface area contributed by atoms with Gasteiger partial charge in [-0.05, 0) is 18.9 Å². The van der Waals surface area contributed by atoms with Crippen LogP contribution in [0, 0.1) is 11.6 Å². The molecule has 0 aliphatic heterocycles. The van der Waals surface area contributed by atoms with Crippen LogP contribution in [0.15, 0.2) is 35.8 Å². The fourth-order valence-corrected chi connectivity index (χ4v) is 2.84. The minimum atomic E-state index is -1.67. The Labute approximate surface area is 138 Å². The molecule has 0 amide bonds. The van der Waals surface area contributed by atoms with Gasteiger partial charge >= 0.3 is 6.16 Å². The zero-order chi connectivity index (χ0) is 17.7. The van der Waals surface area contributed by atoms with Crippen molar-refractivity contribution < 1.29 is 23.4 Å². The number of nitrogens with zero attached hydrogens (tertiary/aromatic N) is 3. The molecule has 1 aliphatic carbocycles. The highest BCUT2D eigenvalue weighted by Crippen LogP contribution is 2.39. The number of hydrogen-bond acceptors (Lipinski definition) is 4. The minimum Gasteiger partial charge on any atom is -0.449 e. The van der Waals surface area contributed by atoms with Crippen LogP contribution in [0.4, 0.5) is 13.6 Å². The van der Waals surface area contributed by atoms with E-state index in [1.807, 2.05) is 0 Å². The van der Waals surface area contributed by atoms with Crippen LogP contribution in [0.5, 0.6) is 5.75 Å². The van der Waals surface area contributed by atoms with Gasteiger partial charge in [0.05, 0.1) is 23.4 Å². The van der Waals surface area contributed by atoms with E-state index in [1.54, 1.807) is 0 Å². The van der Waals surface area contributed by atoms with E-state index in [9.17, 15) is 14.0 Å². The molecule has 4 rings (SSSR count). The topological polar surface area (TPSA) is 86.3 Å². The molecule has 7 nitrogen and oxygen atoms in total. The van der Waals surface area contributed by atoms with Gasteiger partial charge in [0.15, 0.2) is 17.4 Å². The normalized spacial score (nSPS) is 14.0. The third-order valence-electron chi connectivity index (χ3n) is 4.05. The van der Waals surface area contributed by atoms with Crippen molar-refractivity contribution in [3.63, 3.8) is 0 Å². The van der Waals surface area contributed by atoms with Crippen LogP contribution in [-0.2, 0) is 0 Å². The van der Waals surface area contributed by atoms with Gasteiger partial charge < -0.3 is 19.0 Å². The maximum atomic E-state index is 15.1. The fourth-order valence-electron chi connectivity index (χ4n) is 2.84. The number of aromatic nitrogens is 3. The van der Waals surface area contributed by atoms with E-state index in [-0.39, 0.29) is 22.6 Å². The Kier molecular flexibility index (Phi) is 3.31. The lowest BCUT2D eigenvalue weighted by Crippen LogP contribution is -2.18. The van der Waals surface area contributed by atoms with Crippen molar-refractivity contribution >= 4 is 17.1 Å². The Balaban J connectivity index is 2.08. The summed E-state index contributed by atoms with van der Waals surface area (Å²) in [5.41, 5.74) is -1.33. The summed E-state index contributed by atoms with van der Waals surface area (Å²) in [5, 5.41) is 8.48. The van der Waals surface area contributed by atoms with E-state index in [4.69, 9.17) is 5.11 Å². The summed E-state index contributed by atoms with van der Waals surface area (Å²) in [7, 11) is 0. The van der Waals surface area contributed by atoms with Gasteiger partial charge in [0, 0.05) is 18.4 Å². The first-order valence-corrected chi connectivity index (χ1v) is 7.43. The molecule has 2 aromatic heterocycles. The van der Waals surface area contributed by atoms with Gasteiger partial charge in [-0.1, -0.05) is 0 Å². The highest BCUT2D eigenvalue weighted by molar-refractivity contribution is 5.84. The molecule has 0 saturated heterocycles. The van der Waals surface area contributed by atoms with Crippen LogP contribution >= 0.6 is 0 Å². The molecule has 2 heterocycles. The first kappa shape index (κ1) is 15.3. The summed E-state index contributed by atoms with van der Waals surface area (Å²) in [5.74, 6) is -2.37. The molecule has 0 spiro atoms. The van der Waals surface area contributed by atoms with Crippen LogP contribution in [0.1, 0.15) is 18.9 Å². The van der Waals surface area contributed by atoms with Crippen molar-refractivity contribution in [2.45, 2.75) is 18.9 Å². The third-order valence-corrected chi connectivity index (χ3v) is 4.05. The molecule has 1 N–H and O–H groups in total. The Bertz CT molecular complexity index is 1060. The fraction of sp³-hybridized carbons (Fsp3) is 0.188. The number of fused-ring (bicyclic) bond motifs is 1. The molecule has 128 valence electrons. The van der Waals surface area contributed by atoms with E-state index < -0.39 is 29.0 Å². The van der Waals surface area contributed by atoms with E-state index in [2.05, 4.69) is 9.72 Å². The summed E-state index contributed by atoms with van der Waals surface area (Å²) in [6.45, 7) is 0. The largest absolute Gasteiger partial charge is 0.511 e. The zero-order valence-corrected chi connectivity index (χ0v) is 12.6. The van der Waals surface area contributed by atoms with Gasteiger partial charge in [0.25, 0.3) is 0 Å². The predicted molar refractivity (Wildman–Crippen MR) is 82.2 cm³/mol. The molecule has 0 atom stereocenters. The first-order chi connectivity index (χ1) is 12.0. The summed E-state index contributed by atoms with van der Waals surface area (Å²) in [4.78, 5) is 26.9. The molecule has 0 unspecified atom stereocenters. The van der Waals surface area contributed by atoms with E-state index >= 15 is 4.39 Å². The van der Waals surface area contributed by atoms with Crippen LogP contribution < -0.4 is 10.2 Å². The first-order valence-electron chi connectivity index (χ1n) is 7.43. The zero-order valence-electron chi connectivity index (χ0n) is 12.6. The summed E-state index contributed by atoms with van der Waals surface area (Å²) in [6.07, 6.45) is 4.97. The second kappa shape index (κ2) is 5.40. The van der Waals surface area contributed by atoms with Gasteiger partial charge in [-0.25, -0.2) is 18.6 Å².